The Bertz CT molecular complexity index is 1010. The Labute approximate surface area is 172 Å². The van der Waals surface area contributed by atoms with Crippen molar-refractivity contribution < 1.29 is 18.7 Å². The van der Waals surface area contributed by atoms with Gasteiger partial charge in [0, 0.05) is 25.0 Å². The zero-order chi connectivity index (χ0) is 20.4. The molecule has 2 N–H and O–H groups in total. The first-order valence-electron chi connectivity index (χ1n) is 9.51. The number of halogens is 1. The smallest absolute Gasteiger partial charge is 0.271 e. The molecule has 6 nitrogen and oxygen atoms in total. The molecule has 1 saturated heterocycles. The fourth-order valence-electron chi connectivity index (χ4n) is 3.34. The van der Waals surface area contributed by atoms with Gasteiger partial charge in [0.25, 0.3) is 5.91 Å². The van der Waals surface area contributed by atoms with Crippen LogP contribution in [-0.4, -0.2) is 35.2 Å². The molecule has 0 saturated carbocycles. The van der Waals surface area contributed by atoms with E-state index < -0.39 is 0 Å². The number of hydrogen-bond donors (Lipinski definition) is 2. The van der Waals surface area contributed by atoms with E-state index in [0.29, 0.717) is 53.6 Å². The fraction of sp³-hybridized carbons (Fsp3) is 0.333. The van der Waals surface area contributed by atoms with Crippen molar-refractivity contribution in [3.8, 4) is 10.8 Å². The summed E-state index contributed by atoms with van der Waals surface area (Å²) in [5, 5.41) is 14.7. The molecule has 4 rings (SSSR count). The minimum atomic E-state index is -0.322. The maximum absolute atomic E-state index is 14.5. The monoisotopic (exact) mass is 415 g/mol. The lowest BCUT2D eigenvalue weighted by Gasteiger charge is -2.31. The van der Waals surface area contributed by atoms with Gasteiger partial charge in [-0.2, -0.15) is 0 Å². The molecule has 1 amide bonds. The van der Waals surface area contributed by atoms with Crippen molar-refractivity contribution in [2.24, 2.45) is 0 Å². The highest BCUT2D eigenvalue weighted by Gasteiger charge is 2.20. The highest BCUT2D eigenvalue weighted by atomic mass is 32.1. The van der Waals surface area contributed by atoms with Crippen molar-refractivity contribution in [2.45, 2.75) is 32.4 Å². The van der Waals surface area contributed by atoms with Crippen LogP contribution >= 0.6 is 11.3 Å². The zero-order valence-electron chi connectivity index (χ0n) is 16.0. The summed E-state index contributed by atoms with van der Waals surface area (Å²) in [4.78, 5) is 18.6. The number of aryl methyl sites for hydroxylation is 1. The largest absolute Gasteiger partial charge is 0.459 e. The van der Waals surface area contributed by atoms with Crippen LogP contribution in [0.4, 0.5) is 10.1 Å². The minimum Gasteiger partial charge on any atom is -0.459 e. The molecule has 0 unspecified atom stereocenters. The number of benzene rings is 1. The maximum Gasteiger partial charge on any atom is 0.271 e. The van der Waals surface area contributed by atoms with Gasteiger partial charge in [-0.1, -0.05) is 6.07 Å². The third kappa shape index (κ3) is 4.49. The van der Waals surface area contributed by atoms with Crippen LogP contribution < -0.4 is 10.2 Å². The van der Waals surface area contributed by atoms with E-state index in [9.17, 15) is 14.3 Å². The summed E-state index contributed by atoms with van der Waals surface area (Å²) in [5.74, 6) is 0.782. The van der Waals surface area contributed by atoms with Crippen LogP contribution in [0.25, 0.3) is 10.8 Å². The van der Waals surface area contributed by atoms with Gasteiger partial charge in [0.05, 0.1) is 11.8 Å². The van der Waals surface area contributed by atoms with Crippen molar-refractivity contribution in [2.75, 3.05) is 18.0 Å². The summed E-state index contributed by atoms with van der Waals surface area (Å²) >= 11 is 1.34. The van der Waals surface area contributed by atoms with Gasteiger partial charge in [-0.3, -0.25) is 4.79 Å². The minimum absolute atomic E-state index is 0.210. The lowest BCUT2D eigenvalue weighted by atomic mass is 10.1. The molecular weight excluding hydrogens is 393 g/mol. The van der Waals surface area contributed by atoms with Crippen LogP contribution in [0, 0.1) is 12.7 Å². The Morgan fingerprint density at radius 1 is 1.34 bits per heavy atom. The summed E-state index contributed by atoms with van der Waals surface area (Å²) < 4.78 is 20.1. The van der Waals surface area contributed by atoms with Gasteiger partial charge in [-0.15, -0.1) is 11.3 Å². The number of anilines is 1. The highest BCUT2D eigenvalue weighted by Crippen LogP contribution is 2.26. The average Bonchev–Trinajstić information content (AvgIpc) is 3.36. The van der Waals surface area contributed by atoms with Crippen molar-refractivity contribution in [1.29, 1.82) is 0 Å². The molecule has 0 aliphatic carbocycles. The summed E-state index contributed by atoms with van der Waals surface area (Å²) in [7, 11) is 0. The third-order valence-electron chi connectivity index (χ3n) is 4.96. The Kier molecular flexibility index (Phi) is 5.64. The number of piperidine rings is 1. The van der Waals surface area contributed by atoms with Gasteiger partial charge in [-0.25, -0.2) is 9.37 Å². The molecule has 8 heteroatoms. The Morgan fingerprint density at radius 3 is 2.83 bits per heavy atom. The van der Waals surface area contributed by atoms with Crippen LogP contribution in [0.5, 0.6) is 0 Å². The van der Waals surface area contributed by atoms with E-state index in [1.54, 1.807) is 11.4 Å². The number of amides is 1. The molecule has 152 valence electrons. The molecule has 0 spiro atoms. The van der Waals surface area contributed by atoms with E-state index in [1.807, 2.05) is 30.0 Å². The predicted molar refractivity (Wildman–Crippen MR) is 110 cm³/mol. The van der Waals surface area contributed by atoms with E-state index in [0.717, 1.165) is 5.76 Å². The summed E-state index contributed by atoms with van der Waals surface area (Å²) in [6, 6.07) is 8.65. The van der Waals surface area contributed by atoms with Crippen molar-refractivity contribution in [3.05, 3.63) is 58.5 Å². The van der Waals surface area contributed by atoms with Crippen molar-refractivity contribution in [1.82, 2.24) is 10.3 Å². The molecule has 0 atom stereocenters. The number of carbonyl (C=O) groups is 1. The fourth-order valence-corrected chi connectivity index (χ4v) is 4.10. The van der Waals surface area contributed by atoms with Gasteiger partial charge < -0.3 is 19.7 Å². The van der Waals surface area contributed by atoms with E-state index in [2.05, 4.69) is 10.3 Å². The summed E-state index contributed by atoms with van der Waals surface area (Å²) in [6.45, 7) is 3.33. The second-order valence-electron chi connectivity index (χ2n) is 7.13. The lowest BCUT2D eigenvalue weighted by Crippen LogP contribution is -2.36. The number of furan rings is 1. The number of aliphatic hydroxyl groups is 1. The standard InChI is InChI=1S/C21H22FN3O3S/c1-13-2-5-19(28-13)21-24-17(12-29-21)20(27)23-11-14-3-4-18(16(22)10-14)25-8-6-15(26)7-9-25/h2-5,10,12,15,26H,6-9,11H2,1H3,(H,23,27). The van der Waals surface area contributed by atoms with Crippen molar-refractivity contribution >= 4 is 22.9 Å². The molecule has 0 bridgehead atoms. The maximum atomic E-state index is 14.5. The second kappa shape index (κ2) is 8.34. The van der Waals surface area contributed by atoms with Crippen LogP contribution in [0.1, 0.15) is 34.7 Å². The Balaban J connectivity index is 1.37. The van der Waals surface area contributed by atoms with E-state index in [4.69, 9.17) is 4.42 Å². The Morgan fingerprint density at radius 2 is 2.14 bits per heavy atom. The number of thiazole rings is 1. The van der Waals surface area contributed by atoms with Crippen LogP contribution in [0.3, 0.4) is 0 Å². The molecular formula is C21H22FN3O3S. The van der Waals surface area contributed by atoms with E-state index >= 15 is 0 Å². The first-order valence-corrected chi connectivity index (χ1v) is 10.4. The highest BCUT2D eigenvalue weighted by molar-refractivity contribution is 7.13. The van der Waals surface area contributed by atoms with Crippen LogP contribution in [0.2, 0.25) is 0 Å². The molecule has 2 aromatic heterocycles. The van der Waals surface area contributed by atoms with E-state index in [1.165, 1.54) is 17.4 Å². The average molecular weight is 415 g/mol. The number of nitrogens with one attached hydrogen (secondary N) is 1. The second-order valence-corrected chi connectivity index (χ2v) is 7.99. The van der Waals surface area contributed by atoms with Crippen molar-refractivity contribution in [3.63, 3.8) is 0 Å². The van der Waals surface area contributed by atoms with Gasteiger partial charge in [-0.05, 0) is 49.6 Å². The normalized spacial score (nSPS) is 14.9. The molecule has 29 heavy (non-hydrogen) atoms. The lowest BCUT2D eigenvalue weighted by molar-refractivity contribution is 0.0946. The third-order valence-corrected chi connectivity index (χ3v) is 5.82. The zero-order valence-corrected chi connectivity index (χ0v) is 16.8. The summed E-state index contributed by atoms with van der Waals surface area (Å²) in [5.41, 5.74) is 1.52. The van der Waals surface area contributed by atoms with Gasteiger partial charge in [0.2, 0.25) is 0 Å². The quantitative estimate of drug-likeness (QED) is 0.664. The molecule has 3 aromatic rings. The molecule has 1 fully saturated rings. The SMILES string of the molecule is Cc1ccc(-c2nc(C(=O)NCc3ccc(N4CCC(O)CC4)c(F)c3)cs2)o1. The van der Waals surface area contributed by atoms with Gasteiger partial charge in [0.15, 0.2) is 10.8 Å². The van der Waals surface area contributed by atoms with Gasteiger partial charge >= 0.3 is 0 Å². The Hall–Kier alpha value is -2.71. The first-order chi connectivity index (χ1) is 14.0. The predicted octanol–water partition coefficient (Wildman–Crippen LogP) is 3.74. The molecule has 1 aliphatic rings. The van der Waals surface area contributed by atoms with E-state index in [-0.39, 0.29) is 24.4 Å². The first kappa shape index (κ1) is 19.6. The number of nitrogens with zero attached hydrogens (tertiary/aromatic N) is 2. The topological polar surface area (TPSA) is 78.6 Å². The van der Waals surface area contributed by atoms with Gasteiger partial charge in [0.1, 0.15) is 17.3 Å². The molecule has 1 aromatic carbocycles. The van der Waals surface area contributed by atoms with Crippen LogP contribution in [0.15, 0.2) is 40.1 Å². The number of carbonyl (C=O) groups excluding carboxylic acids is 1. The number of rotatable bonds is 5. The number of aromatic nitrogens is 1. The number of hydrogen-bond acceptors (Lipinski definition) is 6. The molecule has 3 heterocycles. The van der Waals surface area contributed by atoms with Crippen LogP contribution in [-0.2, 0) is 6.54 Å². The molecule has 1 aliphatic heterocycles. The molecule has 0 radical (unpaired) electrons. The number of aliphatic hydroxyl groups excluding tert-OH is 1. The summed E-state index contributed by atoms with van der Waals surface area (Å²) in [6.07, 6.45) is 0.987.